The molecular weight excluding hydrogens is 450 g/mol. The van der Waals surface area contributed by atoms with Crippen LogP contribution in [0.3, 0.4) is 0 Å². The Hall–Kier alpha value is -1.66. The Balaban J connectivity index is 1.89. The molecule has 4 nitrogen and oxygen atoms in total. The second-order valence-electron chi connectivity index (χ2n) is 9.02. The molecule has 0 aromatic heterocycles. The summed E-state index contributed by atoms with van der Waals surface area (Å²) >= 11 is 12.3. The van der Waals surface area contributed by atoms with E-state index in [-0.39, 0.29) is 11.1 Å². The first kappa shape index (κ1) is 23.5. The van der Waals surface area contributed by atoms with Gasteiger partial charge in [-0.3, -0.25) is 10.1 Å². The molecule has 1 heterocycles. The number of carboxylic acid groups (broad SMARTS) is 1. The summed E-state index contributed by atoms with van der Waals surface area (Å²) in [5.41, 5.74) is 0.329. The molecule has 172 valence electrons. The van der Waals surface area contributed by atoms with Crippen LogP contribution in [0.4, 0.5) is 4.39 Å². The molecule has 0 radical (unpaired) electrons. The lowest BCUT2D eigenvalue weighted by molar-refractivity contribution is -0.139. The van der Waals surface area contributed by atoms with E-state index in [1.54, 1.807) is 24.3 Å². The molecule has 7 heteroatoms. The number of halogens is 3. The van der Waals surface area contributed by atoms with Crippen LogP contribution in [0.15, 0.2) is 42.5 Å². The van der Waals surface area contributed by atoms with E-state index in [1.165, 1.54) is 25.3 Å². The lowest BCUT2D eigenvalue weighted by Gasteiger charge is -2.42. The maximum Gasteiger partial charge on any atom is 0.321 e. The van der Waals surface area contributed by atoms with E-state index in [9.17, 15) is 9.90 Å². The summed E-state index contributed by atoms with van der Waals surface area (Å²) in [5, 5.41) is 17.6. The fraction of sp³-hybridized carbons (Fsp3) is 0.480. The van der Waals surface area contributed by atoms with Crippen molar-refractivity contribution in [3.63, 3.8) is 0 Å². The van der Waals surface area contributed by atoms with Gasteiger partial charge in [0.25, 0.3) is 0 Å². The summed E-state index contributed by atoms with van der Waals surface area (Å²) in [7, 11) is 1.82. The largest absolute Gasteiger partial charge is 0.480 e. The highest BCUT2D eigenvalue weighted by Gasteiger charge is 2.58. The maximum absolute atomic E-state index is 15.3. The maximum atomic E-state index is 15.3. The predicted molar refractivity (Wildman–Crippen MR) is 126 cm³/mol. The summed E-state index contributed by atoms with van der Waals surface area (Å²) in [6, 6.07) is 11.1. The Kier molecular flexibility index (Phi) is 7.11. The van der Waals surface area contributed by atoms with Crippen molar-refractivity contribution >= 4 is 29.2 Å². The van der Waals surface area contributed by atoms with Gasteiger partial charge < -0.3 is 10.4 Å². The second kappa shape index (κ2) is 9.68. The zero-order chi connectivity index (χ0) is 22.9. The lowest BCUT2D eigenvalue weighted by Crippen LogP contribution is -2.53. The van der Waals surface area contributed by atoms with Gasteiger partial charge in [0.05, 0.1) is 10.6 Å². The minimum atomic E-state index is -1.01. The molecule has 4 rings (SSSR count). The van der Waals surface area contributed by atoms with E-state index < -0.39 is 29.3 Å². The molecule has 4 atom stereocenters. The number of rotatable bonds is 6. The minimum absolute atomic E-state index is 0.0107. The molecule has 2 aromatic carbocycles. The molecule has 1 saturated carbocycles. The average Bonchev–Trinajstić information content (AvgIpc) is 3.12. The molecular formula is C25H29Cl2FN2O2. The summed E-state index contributed by atoms with van der Waals surface area (Å²) < 4.78 is 15.3. The molecule has 2 aliphatic rings. The van der Waals surface area contributed by atoms with Crippen LogP contribution in [-0.4, -0.2) is 30.2 Å². The van der Waals surface area contributed by atoms with Gasteiger partial charge >= 0.3 is 5.97 Å². The van der Waals surface area contributed by atoms with Crippen LogP contribution in [0.1, 0.15) is 55.6 Å². The number of hydrogen-bond acceptors (Lipinski definition) is 3. The van der Waals surface area contributed by atoms with Crippen molar-refractivity contribution in [1.82, 2.24) is 10.6 Å². The van der Waals surface area contributed by atoms with E-state index in [2.05, 4.69) is 10.6 Å². The van der Waals surface area contributed by atoms with Crippen molar-refractivity contribution in [1.29, 1.82) is 0 Å². The third-order valence-corrected chi connectivity index (χ3v) is 7.91. The van der Waals surface area contributed by atoms with Gasteiger partial charge in [0, 0.05) is 17.0 Å². The van der Waals surface area contributed by atoms with Gasteiger partial charge in [-0.05, 0) is 48.7 Å². The Labute approximate surface area is 198 Å². The number of carboxylic acids is 1. The summed E-state index contributed by atoms with van der Waals surface area (Å²) in [6.45, 7) is 0. The highest BCUT2D eigenvalue weighted by atomic mass is 35.5. The molecule has 0 bridgehead atoms. The van der Waals surface area contributed by atoms with E-state index in [0.717, 1.165) is 24.8 Å². The first-order valence-corrected chi connectivity index (χ1v) is 12.0. The number of benzene rings is 2. The van der Waals surface area contributed by atoms with Crippen molar-refractivity contribution in [3.8, 4) is 0 Å². The second-order valence-corrected chi connectivity index (χ2v) is 9.87. The Bertz CT molecular complexity index is 965. The fourth-order valence-corrected chi connectivity index (χ4v) is 6.22. The molecule has 3 N–H and O–H groups in total. The molecule has 4 unspecified atom stereocenters. The number of likely N-dealkylation sites (N-methyl/N-ethyl adjacent to an activating group) is 1. The van der Waals surface area contributed by atoms with Gasteiger partial charge in [-0.2, -0.15) is 0 Å². The Morgan fingerprint density at radius 3 is 2.47 bits per heavy atom. The number of aliphatic carboxylic acids is 1. The molecule has 1 aliphatic carbocycles. The SMILES string of the molecule is CNC1(c2ccc(Cl)cc2)C(CC2CCCCC2)NC(C(=O)O)C1c1cccc(Cl)c1F. The van der Waals surface area contributed by atoms with E-state index >= 15 is 4.39 Å². The number of carbonyl (C=O) groups is 1. The van der Waals surface area contributed by atoms with Crippen LogP contribution in [0, 0.1) is 11.7 Å². The Morgan fingerprint density at radius 2 is 1.84 bits per heavy atom. The highest BCUT2D eigenvalue weighted by Crippen LogP contribution is 2.50. The van der Waals surface area contributed by atoms with Crippen LogP contribution < -0.4 is 10.6 Å². The monoisotopic (exact) mass is 478 g/mol. The van der Waals surface area contributed by atoms with Gasteiger partial charge in [-0.25, -0.2) is 4.39 Å². The molecule has 0 amide bonds. The molecule has 2 aromatic rings. The standard InChI is InChI=1S/C25H29Cl2FN2O2/c1-29-25(16-10-12-17(26)13-11-16)20(14-15-6-3-2-4-7-15)30-23(24(31)32)21(25)18-8-5-9-19(27)22(18)28/h5,8-13,15,20-21,23,29-30H,2-4,6-7,14H2,1H3,(H,31,32). The smallest absolute Gasteiger partial charge is 0.321 e. The highest BCUT2D eigenvalue weighted by molar-refractivity contribution is 6.31. The van der Waals surface area contributed by atoms with Gasteiger partial charge in [0.15, 0.2) is 0 Å². The molecule has 1 aliphatic heterocycles. The minimum Gasteiger partial charge on any atom is -0.480 e. The van der Waals surface area contributed by atoms with Crippen molar-refractivity contribution in [2.24, 2.45) is 5.92 Å². The molecule has 2 fully saturated rings. The van der Waals surface area contributed by atoms with Crippen LogP contribution >= 0.6 is 23.2 Å². The zero-order valence-corrected chi connectivity index (χ0v) is 19.6. The summed E-state index contributed by atoms with van der Waals surface area (Å²) in [4.78, 5) is 12.4. The van der Waals surface area contributed by atoms with Crippen molar-refractivity contribution in [2.75, 3.05) is 7.05 Å². The molecule has 1 saturated heterocycles. The lowest BCUT2D eigenvalue weighted by atomic mass is 9.68. The summed E-state index contributed by atoms with van der Waals surface area (Å²) in [5.74, 6) is -1.79. The first-order chi connectivity index (χ1) is 15.4. The number of hydrogen-bond donors (Lipinski definition) is 3. The van der Waals surface area contributed by atoms with E-state index in [4.69, 9.17) is 23.2 Å². The van der Waals surface area contributed by atoms with E-state index in [1.807, 2.05) is 19.2 Å². The Morgan fingerprint density at radius 1 is 1.16 bits per heavy atom. The topological polar surface area (TPSA) is 61.4 Å². The van der Waals surface area contributed by atoms with Crippen molar-refractivity contribution in [2.45, 2.75) is 62.1 Å². The van der Waals surface area contributed by atoms with Crippen LogP contribution in [-0.2, 0) is 10.3 Å². The summed E-state index contributed by atoms with van der Waals surface area (Å²) in [6.07, 6.45) is 6.71. The predicted octanol–water partition coefficient (Wildman–Crippen LogP) is 5.73. The van der Waals surface area contributed by atoms with Gasteiger partial charge in [-0.15, -0.1) is 0 Å². The van der Waals surface area contributed by atoms with Gasteiger partial charge in [0.2, 0.25) is 0 Å². The van der Waals surface area contributed by atoms with Gasteiger partial charge in [-0.1, -0.05) is 79.6 Å². The third kappa shape index (κ3) is 4.16. The molecule has 32 heavy (non-hydrogen) atoms. The average molecular weight is 479 g/mol. The van der Waals surface area contributed by atoms with E-state index in [0.29, 0.717) is 16.5 Å². The number of nitrogens with one attached hydrogen (secondary N) is 2. The quantitative estimate of drug-likeness (QED) is 0.496. The van der Waals surface area contributed by atoms with Crippen LogP contribution in [0.5, 0.6) is 0 Å². The first-order valence-electron chi connectivity index (χ1n) is 11.3. The van der Waals surface area contributed by atoms with Crippen molar-refractivity contribution in [3.05, 3.63) is 69.5 Å². The van der Waals surface area contributed by atoms with Crippen LogP contribution in [0.2, 0.25) is 10.0 Å². The third-order valence-electron chi connectivity index (χ3n) is 7.37. The zero-order valence-electron chi connectivity index (χ0n) is 18.1. The molecule has 0 spiro atoms. The van der Waals surface area contributed by atoms with Crippen LogP contribution in [0.25, 0.3) is 0 Å². The normalized spacial score (nSPS) is 28.7. The van der Waals surface area contributed by atoms with Gasteiger partial charge in [0.1, 0.15) is 11.9 Å². The fourth-order valence-electron chi connectivity index (χ4n) is 5.91. The van der Waals surface area contributed by atoms with Crippen molar-refractivity contribution < 1.29 is 14.3 Å².